The molecular formula is C15H27NO3. The lowest BCUT2D eigenvalue weighted by Crippen LogP contribution is -2.46. The highest BCUT2D eigenvalue weighted by atomic mass is 16.4. The van der Waals surface area contributed by atoms with Crippen LogP contribution in [0.5, 0.6) is 0 Å². The van der Waals surface area contributed by atoms with Crippen molar-refractivity contribution in [2.24, 2.45) is 17.3 Å². The van der Waals surface area contributed by atoms with Crippen LogP contribution in [-0.4, -0.2) is 34.9 Å². The zero-order valence-electron chi connectivity index (χ0n) is 12.1. The fourth-order valence-electron chi connectivity index (χ4n) is 3.24. The maximum absolute atomic E-state index is 10.9. The number of hydrogen-bond donors (Lipinski definition) is 3. The van der Waals surface area contributed by atoms with Crippen LogP contribution in [0, 0.1) is 17.3 Å². The van der Waals surface area contributed by atoms with E-state index >= 15 is 0 Å². The summed E-state index contributed by atoms with van der Waals surface area (Å²) in [5.41, 5.74) is -0.242. The third kappa shape index (κ3) is 3.48. The van der Waals surface area contributed by atoms with Crippen LogP contribution >= 0.6 is 0 Å². The molecule has 4 heteroatoms. The fraction of sp³-hybridized carbons (Fsp3) is 0.933. The van der Waals surface area contributed by atoms with E-state index in [2.05, 4.69) is 19.2 Å². The monoisotopic (exact) mass is 269 g/mol. The molecule has 0 heterocycles. The third-order valence-electron chi connectivity index (χ3n) is 5.31. The van der Waals surface area contributed by atoms with Gasteiger partial charge in [0.15, 0.2) is 0 Å². The molecule has 4 nitrogen and oxygen atoms in total. The number of carboxylic acids is 1. The SMILES string of the molecule is CC(C)C1(CNCC2(O)CCC(C(=O)O)CC2)CC1. The Morgan fingerprint density at radius 2 is 1.79 bits per heavy atom. The molecule has 0 unspecified atom stereocenters. The molecule has 0 amide bonds. The van der Waals surface area contributed by atoms with Crippen molar-refractivity contribution >= 4 is 5.97 Å². The lowest BCUT2D eigenvalue weighted by molar-refractivity contribution is -0.144. The van der Waals surface area contributed by atoms with Gasteiger partial charge in [-0.2, -0.15) is 0 Å². The van der Waals surface area contributed by atoms with Crippen LogP contribution in [-0.2, 0) is 4.79 Å². The Morgan fingerprint density at radius 1 is 1.21 bits per heavy atom. The van der Waals surface area contributed by atoms with Crippen LogP contribution in [0.15, 0.2) is 0 Å². The number of carbonyl (C=O) groups is 1. The van der Waals surface area contributed by atoms with Crippen LogP contribution in [0.25, 0.3) is 0 Å². The topological polar surface area (TPSA) is 69.6 Å². The van der Waals surface area contributed by atoms with Crippen molar-refractivity contribution in [2.45, 2.75) is 58.0 Å². The second-order valence-electron chi connectivity index (χ2n) is 6.96. The van der Waals surface area contributed by atoms with E-state index in [9.17, 15) is 9.90 Å². The van der Waals surface area contributed by atoms with Crippen LogP contribution in [0.2, 0.25) is 0 Å². The molecule has 2 fully saturated rings. The second kappa shape index (κ2) is 5.41. The number of aliphatic hydroxyl groups is 1. The van der Waals surface area contributed by atoms with Crippen molar-refractivity contribution in [1.82, 2.24) is 5.32 Å². The Kier molecular flexibility index (Phi) is 4.21. The summed E-state index contributed by atoms with van der Waals surface area (Å²) in [6.07, 6.45) is 4.98. The Balaban J connectivity index is 1.73. The molecule has 0 bridgehead atoms. The summed E-state index contributed by atoms with van der Waals surface area (Å²) in [5.74, 6) is -0.283. The van der Waals surface area contributed by atoms with E-state index in [0.717, 1.165) is 6.54 Å². The highest BCUT2D eigenvalue weighted by molar-refractivity contribution is 5.70. The minimum atomic E-state index is -0.716. The zero-order chi connectivity index (χ0) is 14.1. The second-order valence-corrected chi connectivity index (χ2v) is 6.96. The normalized spacial score (nSPS) is 33.4. The predicted molar refractivity (Wildman–Crippen MR) is 73.9 cm³/mol. The van der Waals surface area contributed by atoms with Crippen LogP contribution in [0.1, 0.15) is 52.4 Å². The average Bonchev–Trinajstić information content (AvgIpc) is 3.10. The lowest BCUT2D eigenvalue weighted by atomic mass is 9.78. The van der Waals surface area contributed by atoms with Crippen molar-refractivity contribution in [3.63, 3.8) is 0 Å². The number of rotatable bonds is 6. The van der Waals surface area contributed by atoms with Gasteiger partial charge in [0.25, 0.3) is 0 Å². The predicted octanol–water partition coefficient (Wildman–Crippen LogP) is 2.02. The first kappa shape index (κ1) is 14.8. The van der Waals surface area contributed by atoms with Crippen LogP contribution in [0.3, 0.4) is 0 Å². The Labute approximate surface area is 115 Å². The zero-order valence-corrected chi connectivity index (χ0v) is 12.1. The summed E-state index contributed by atoms with van der Waals surface area (Å²) < 4.78 is 0. The first-order valence-corrected chi connectivity index (χ1v) is 7.53. The molecule has 0 saturated heterocycles. The molecule has 0 radical (unpaired) electrons. The van der Waals surface area contributed by atoms with Crippen molar-refractivity contribution in [1.29, 1.82) is 0 Å². The summed E-state index contributed by atoms with van der Waals surface area (Å²) >= 11 is 0. The van der Waals surface area contributed by atoms with Gasteiger partial charge in [-0.1, -0.05) is 13.8 Å². The molecule has 0 spiro atoms. The molecule has 19 heavy (non-hydrogen) atoms. The summed E-state index contributed by atoms with van der Waals surface area (Å²) in [6.45, 7) is 6.12. The van der Waals surface area contributed by atoms with E-state index in [1.165, 1.54) is 12.8 Å². The van der Waals surface area contributed by atoms with Gasteiger partial charge in [0.05, 0.1) is 11.5 Å². The van der Waals surface area contributed by atoms with Gasteiger partial charge in [-0.3, -0.25) is 4.79 Å². The smallest absolute Gasteiger partial charge is 0.306 e. The van der Waals surface area contributed by atoms with Crippen molar-refractivity contribution < 1.29 is 15.0 Å². The van der Waals surface area contributed by atoms with Crippen molar-refractivity contribution in [2.75, 3.05) is 13.1 Å². The number of hydrogen-bond acceptors (Lipinski definition) is 3. The number of aliphatic carboxylic acids is 1. The first-order valence-electron chi connectivity index (χ1n) is 7.53. The molecule has 0 aromatic heterocycles. The van der Waals surface area contributed by atoms with E-state index in [4.69, 9.17) is 5.11 Å². The van der Waals surface area contributed by atoms with Gasteiger partial charge in [0.1, 0.15) is 0 Å². The summed E-state index contributed by atoms with van der Waals surface area (Å²) in [6, 6.07) is 0. The summed E-state index contributed by atoms with van der Waals surface area (Å²) in [5, 5.41) is 22.9. The van der Waals surface area contributed by atoms with Gasteiger partial charge in [-0.05, 0) is 49.9 Å². The molecular weight excluding hydrogens is 242 g/mol. The average molecular weight is 269 g/mol. The summed E-state index contributed by atoms with van der Waals surface area (Å²) in [7, 11) is 0. The molecule has 3 N–H and O–H groups in total. The van der Waals surface area contributed by atoms with E-state index in [1.807, 2.05) is 0 Å². The van der Waals surface area contributed by atoms with E-state index in [-0.39, 0.29) is 5.92 Å². The van der Waals surface area contributed by atoms with Gasteiger partial charge in [0.2, 0.25) is 0 Å². The quantitative estimate of drug-likeness (QED) is 0.690. The summed E-state index contributed by atoms with van der Waals surface area (Å²) in [4.78, 5) is 10.9. The van der Waals surface area contributed by atoms with Gasteiger partial charge in [0, 0.05) is 13.1 Å². The maximum Gasteiger partial charge on any atom is 0.306 e. The van der Waals surface area contributed by atoms with E-state index in [1.54, 1.807) is 0 Å². The van der Waals surface area contributed by atoms with E-state index in [0.29, 0.717) is 43.6 Å². The minimum Gasteiger partial charge on any atom is -0.481 e. The highest BCUT2D eigenvalue weighted by Crippen LogP contribution is 2.51. The maximum atomic E-state index is 10.9. The Hall–Kier alpha value is -0.610. The number of nitrogens with one attached hydrogen (secondary N) is 1. The molecule has 110 valence electrons. The standard InChI is InChI=1S/C15H27NO3/c1-11(2)14(7-8-14)9-16-10-15(19)5-3-12(4-6-15)13(17)18/h11-12,16,19H,3-10H2,1-2H3,(H,17,18). The minimum absolute atomic E-state index is 0.259. The van der Waals surface area contributed by atoms with Gasteiger partial charge >= 0.3 is 5.97 Å². The fourth-order valence-corrected chi connectivity index (χ4v) is 3.24. The molecule has 0 aliphatic heterocycles. The molecule has 0 atom stereocenters. The largest absolute Gasteiger partial charge is 0.481 e. The lowest BCUT2D eigenvalue weighted by Gasteiger charge is -2.35. The molecule has 2 saturated carbocycles. The molecule has 0 aromatic carbocycles. The van der Waals surface area contributed by atoms with Crippen LogP contribution in [0.4, 0.5) is 0 Å². The first-order chi connectivity index (χ1) is 8.87. The van der Waals surface area contributed by atoms with E-state index < -0.39 is 11.6 Å². The van der Waals surface area contributed by atoms with Crippen molar-refractivity contribution in [3.8, 4) is 0 Å². The molecule has 2 aliphatic carbocycles. The molecule has 2 aliphatic rings. The third-order valence-corrected chi connectivity index (χ3v) is 5.31. The van der Waals surface area contributed by atoms with Gasteiger partial charge in [-0.15, -0.1) is 0 Å². The highest BCUT2D eigenvalue weighted by Gasteiger charge is 2.45. The van der Waals surface area contributed by atoms with Gasteiger partial charge < -0.3 is 15.5 Å². The van der Waals surface area contributed by atoms with Crippen molar-refractivity contribution in [3.05, 3.63) is 0 Å². The van der Waals surface area contributed by atoms with Crippen LogP contribution < -0.4 is 5.32 Å². The Morgan fingerprint density at radius 3 is 2.21 bits per heavy atom. The number of carboxylic acid groups (broad SMARTS) is 1. The van der Waals surface area contributed by atoms with Gasteiger partial charge in [-0.25, -0.2) is 0 Å². The molecule has 2 rings (SSSR count). The Bertz CT molecular complexity index is 328. The molecule has 0 aromatic rings.